The van der Waals surface area contributed by atoms with Crippen molar-refractivity contribution in [1.82, 2.24) is 0 Å². The van der Waals surface area contributed by atoms with Gasteiger partial charge in [-0.15, -0.1) is 0 Å². The Kier molecular flexibility index (Phi) is 3.14. The summed E-state index contributed by atoms with van der Waals surface area (Å²) in [7, 11) is -2.20. The molecular weight excluding hydrogens is 216 g/mol. The van der Waals surface area contributed by atoms with Gasteiger partial charge in [0.2, 0.25) is 0 Å². The van der Waals surface area contributed by atoms with E-state index in [1.54, 1.807) is 13.0 Å². The number of carbonyl (C=O) groups is 1. The van der Waals surface area contributed by atoms with Gasteiger partial charge in [0.15, 0.2) is 9.84 Å². The Morgan fingerprint density at radius 1 is 1.33 bits per heavy atom. The van der Waals surface area contributed by atoms with E-state index in [1.165, 1.54) is 19.2 Å². The Hall–Kier alpha value is -1.36. The van der Waals surface area contributed by atoms with Crippen LogP contribution in [0.15, 0.2) is 23.1 Å². The number of ether oxygens (including phenoxy) is 1. The van der Waals surface area contributed by atoms with Crippen LogP contribution in [0.2, 0.25) is 0 Å². The predicted octanol–water partition coefficient (Wildman–Crippen LogP) is 1.19. The topological polar surface area (TPSA) is 60.4 Å². The molecule has 0 fully saturated rings. The van der Waals surface area contributed by atoms with Gasteiger partial charge in [-0.05, 0) is 24.6 Å². The SMILES string of the molecule is COC(=O)c1ccc(C)cc1S(C)(=O)=O. The summed E-state index contributed by atoms with van der Waals surface area (Å²) in [6.45, 7) is 1.76. The van der Waals surface area contributed by atoms with Crippen LogP contribution >= 0.6 is 0 Å². The van der Waals surface area contributed by atoms with Gasteiger partial charge in [-0.25, -0.2) is 13.2 Å². The fourth-order valence-electron chi connectivity index (χ4n) is 1.21. The Morgan fingerprint density at radius 2 is 1.93 bits per heavy atom. The van der Waals surface area contributed by atoms with Crippen LogP contribution in [0.5, 0.6) is 0 Å². The van der Waals surface area contributed by atoms with E-state index < -0.39 is 15.8 Å². The average Bonchev–Trinajstić information content (AvgIpc) is 2.15. The molecule has 1 aromatic carbocycles. The quantitative estimate of drug-likeness (QED) is 0.713. The van der Waals surface area contributed by atoms with Gasteiger partial charge in [0.1, 0.15) is 0 Å². The number of aryl methyl sites for hydroxylation is 1. The van der Waals surface area contributed by atoms with Crippen molar-refractivity contribution in [3.05, 3.63) is 29.3 Å². The van der Waals surface area contributed by atoms with E-state index in [-0.39, 0.29) is 10.5 Å². The molecule has 0 amide bonds. The molecule has 0 saturated carbocycles. The van der Waals surface area contributed by atoms with Crippen LogP contribution in [0.3, 0.4) is 0 Å². The zero-order chi connectivity index (χ0) is 11.6. The minimum absolute atomic E-state index is 0.00866. The fraction of sp³-hybridized carbons (Fsp3) is 0.300. The third kappa shape index (κ3) is 2.56. The molecule has 0 aliphatic rings. The first-order valence-corrected chi connectivity index (χ1v) is 6.14. The van der Waals surface area contributed by atoms with Crippen molar-refractivity contribution in [3.63, 3.8) is 0 Å². The molecule has 0 N–H and O–H groups in total. The Bertz CT molecular complexity index is 488. The second-order valence-corrected chi connectivity index (χ2v) is 5.25. The zero-order valence-corrected chi connectivity index (χ0v) is 9.59. The molecule has 1 aromatic rings. The number of hydrogen-bond donors (Lipinski definition) is 0. The maximum Gasteiger partial charge on any atom is 0.339 e. The van der Waals surface area contributed by atoms with Crippen molar-refractivity contribution in [3.8, 4) is 0 Å². The zero-order valence-electron chi connectivity index (χ0n) is 8.77. The van der Waals surface area contributed by atoms with E-state index in [1.807, 2.05) is 0 Å². The van der Waals surface area contributed by atoms with Crippen molar-refractivity contribution in [1.29, 1.82) is 0 Å². The summed E-state index contributed by atoms with van der Waals surface area (Å²) in [5, 5.41) is 0. The highest BCUT2D eigenvalue weighted by molar-refractivity contribution is 7.90. The first-order valence-electron chi connectivity index (χ1n) is 4.25. The first kappa shape index (κ1) is 11.7. The number of benzene rings is 1. The lowest BCUT2D eigenvalue weighted by molar-refractivity contribution is 0.0596. The molecule has 0 aliphatic heterocycles. The molecule has 15 heavy (non-hydrogen) atoms. The van der Waals surface area contributed by atoms with Gasteiger partial charge in [0, 0.05) is 6.26 Å². The van der Waals surface area contributed by atoms with Gasteiger partial charge in [-0.2, -0.15) is 0 Å². The van der Waals surface area contributed by atoms with Crippen LogP contribution in [0.4, 0.5) is 0 Å². The Balaban J connectivity index is 3.47. The molecular formula is C10H12O4S. The van der Waals surface area contributed by atoms with Crippen molar-refractivity contribution in [2.75, 3.05) is 13.4 Å². The van der Waals surface area contributed by atoms with Crippen LogP contribution in [0, 0.1) is 6.92 Å². The molecule has 5 heteroatoms. The highest BCUT2D eigenvalue weighted by atomic mass is 32.2. The third-order valence-corrected chi connectivity index (χ3v) is 3.08. The maximum absolute atomic E-state index is 11.4. The molecule has 0 saturated heterocycles. The average molecular weight is 228 g/mol. The highest BCUT2D eigenvalue weighted by Gasteiger charge is 2.18. The lowest BCUT2D eigenvalue weighted by atomic mass is 10.1. The van der Waals surface area contributed by atoms with Crippen LogP contribution < -0.4 is 0 Å². The van der Waals surface area contributed by atoms with Gasteiger partial charge < -0.3 is 4.74 Å². The van der Waals surface area contributed by atoms with Crippen LogP contribution in [0.1, 0.15) is 15.9 Å². The normalized spacial score (nSPS) is 11.1. The van der Waals surface area contributed by atoms with E-state index in [4.69, 9.17) is 0 Å². The Labute approximate surface area is 88.8 Å². The summed E-state index contributed by atoms with van der Waals surface area (Å²) >= 11 is 0. The lowest BCUT2D eigenvalue weighted by Gasteiger charge is -2.06. The number of methoxy groups -OCH3 is 1. The largest absolute Gasteiger partial charge is 0.465 e. The van der Waals surface area contributed by atoms with Crippen LogP contribution in [0.25, 0.3) is 0 Å². The molecule has 0 radical (unpaired) electrons. The van der Waals surface area contributed by atoms with Gasteiger partial charge in [0.25, 0.3) is 0 Å². The first-order chi connectivity index (χ1) is 6.86. The van der Waals surface area contributed by atoms with E-state index >= 15 is 0 Å². The monoisotopic (exact) mass is 228 g/mol. The molecule has 0 atom stereocenters. The van der Waals surface area contributed by atoms with Crippen molar-refractivity contribution >= 4 is 15.8 Å². The summed E-state index contributed by atoms with van der Waals surface area (Å²) in [6.07, 6.45) is 1.06. The highest BCUT2D eigenvalue weighted by Crippen LogP contribution is 2.18. The van der Waals surface area contributed by atoms with Gasteiger partial charge in [-0.3, -0.25) is 0 Å². The van der Waals surface area contributed by atoms with Gasteiger partial charge in [0.05, 0.1) is 17.6 Å². The van der Waals surface area contributed by atoms with E-state index in [0.29, 0.717) is 0 Å². The van der Waals surface area contributed by atoms with E-state index in [2.05, 4.69) is 4.74 Å². The molecule has 82 valence electrons. The fourth-order valence-corrected chi connectivity index (χ4v) is 2.17. The number of rotatable bonds is 2. The van der Waals surface area contributed by atoms with Gasteiger partial charge >= 0.3 is 5.97 Å². The summed E-state index contributed by atoms with van der Waals surface area (Å²) in [5.41, 5.74) is 0.855. The van der Waals surface area contributed by atoms with E-state index in [9.17, 15) is 13.2 Å². The third-order valence-electron chi connectivity index (χ3n) is 1.94. The van der Waals surface area contributed by atoms with Crippen molar-refractivity contribution < 1.29 is 17.9 Å². The number of hydrogen-bond acceptors (Lipinski definition) is 4. The molecule has 0 unspecified atom stereocenters. The van der Waals surface area contributed by atoms with Crippen LogP contribution in [-0.4, -0.2) is 27.8 Å². The second-order valence-electron chi connectivity index (χ2n) is 3.26. The van der Waals surface area contributed by atoms with E-state index in [0.717, 1.165) is 11.8 Å². The van der Waals surface area contributed by atoms with Crippen molar-refractivity contribution in [2.24, 2.45) is 0 Å². The lowest BCUT2D eigenvalue weighted by Crippen LogP contribution is -2.09. The standard InChI is InChI=1S/C10H12O4S/c1-7-4-5-8(10(11)14-2)9(6-7)15(3,12)13/h4-6H,1-3H3. The van der Waals surface area contributed by atoms with Crippen LogP contribution in [-0.2, 0) is 14.6 Å². The number of esters is 1. The Morgan fingerprint density at radius 3 is 2.40 bits per heavy atom. The maximum atomic E-state index is 11.4. The summed E-state index contributed by atoms with van der Waals surface area (Å²) in [6, 6.07) is 4.58. The minimum atomic E-state index is -3.41. The summed E-state index contributed by atoms with van der Waals surface area (Å²) < 4.78 is 27.3. The predicted molar refractivity (Wildman–Crippen MR) is 55.6 cm³/mol. The summed E-state index contributed by atoms with van der Waals surface area (Å²) in [4.78, 5) is 11.3. The number of carbonyl (C=O) groups excluding carboxylic acids is 1. The molecule has 0 aromatic heterocycles. The molecule has 0 aliphatic carbocycles. The van der Waals surface area contributed by atoms with Crippen molar-refractivity contribution in [2.45, 2.75) is 11.8 Å². The molecule has 0 spiro atoms. The second kappa shape index (κ2) is 4.02. The number of sulfone groups is 1. The summed E-state index contributed by atoms with van der Waals surface area (Å²) in [5.74, 6) is -0.643. The smallest absolute Gasteiger partial charge is 0.339 e. The minimum Gasteiger partial charge on any atom is -0.465 e. The van der Waals surface area contributed by atoms with Gasteiger partial charge in [-0.1, -0.05) is 6.07 Å². The molecule has 1 rings (SSSR count). The molecule has 0 bridgehead atoms. The molecule has 0 heterocycles. The molecule has 4 nitrogen and oxygen atoms in total.